The van der Waals surface area contributed by atoms with E-state index in [0.717, 1.165) is 5.56 Å². The van der Waals surface area contributed by atoms with Crippen molar-refractivity contribution in [3.8, 4) is 5.75 Å². The SMILES string of the molecule is CCN(CC)S(=O)(=O)c1ccc(C(C)NC(=O)C(C)Oc2ccc(Cl)cc2)cc1. The van der Waals surface area contributed by atoms with Gasteiger partial charge < -0.3 is 10.1 Å². The van der Waals surface area contributed by atoms with E-state index in [-0.39, 0.29) is 16.8 Å². The van der Waals surface area contributed by atoms with Crippen LogP contribution < -0.4 is 10.1 Å². The summed E-state index contributed by atoms with van der Waals surface area (Å²) in [5.41, 5.74) is 0.801. The molecule has 0 bridgehead atoms. The lowest BCUT2D eigenvalue weighted by Crippen LogP contribution is -2.37. The van der Waals surface area contributed by atoms with Gasteiger partial charge in [-0.05, 0) is 55.8 Å². The van der Waals surface area contributed by atoms with Crippen molar-refractivity contribution < 1.29 is 17.9 Å². The highest BCUT2D eigenvalue weighted by molar-refractivity contribution is 7.89. The summed E-state index contributed by atoms with van der Waals surface area (Å²) in [6, 6.07) is 13.0. The van der Waals surface area contributed by atoms with Crippen LogP contribution in [-0.4, -0.2) is 37.8 Å². The zero-order valence-corrected chi connectivity index (χ0v) is 18.6. The number of carbonyl (C=O) groups is 1. The topological polar surface area (TPSA) is 75.7 Å². The van der Waals surface area contributed by atoms with Crippen molar-refractivity contribution in [2.45, 2.75) is 44.7 Å². The number of sulfonamides is 1. The minimum Gasteiger partial charge on any atom is -0.481 e. The van der Waals surface area contributed by atoms with Crippen LogP contribution in [0.15, 0.2) is 53.4 Å². The van der Waals surface area contributed by atoms with Gasteiger partial charge in [-0.15, -0.1) is 0 Å². The highest BCUT2D eigenvalue weighted by atomic mass is 35.5. The molecule has 158 valence electrons. The van der Waals surface area contributed by atoms with Crippen LogP contribution in [0.4, 0.5) is 0 Å². The van der Waals surface area contributed by atoms with Gasteiger partial charge in [0.25, 0.3) is 5.91 Å². The molecule has 2 aromatic rings. The van der Waals surface area contributed by atoms with E-state index in [1.54, 1.807) is 69.3 Å². The number of amides is 1. The number of halogens is 1. The molecule has 0 aliphatic carbocycles. The van der Waals surface area contributed by atoms with E-state index in [4.69, 9.17) is 16.3 Å². The molecule has 0 saturated heterocycles. The average Bonchev–Trinajstić information content (AvgIpc) is 2.70. The van der Waals surface area contributed by atoms with Crippen LogP contribution in [0.5, 0.6) is 5.75 Å². The predicted octanol–water partition coefficient (Wildman–Crippen LogP) is 4.02. The number of benzene rings is 2. The smallest absolute Gasteiger partial charge is 0.261 e. The normalized spacial score (nSPS) is 13.7. The molecule has 0 saturated carbocycles. The van der Waals surface area contributed by atoms with E-state index in [0.29, 0.717) is 23.9 Å². The van der Waals surface area contributed by atoms with E-state index in [1.165, 1.54) is 4.31 Å². The number of hydrogen-bond donors (Lipinski definition) is 1. The second kappa shape index (κ2) is 10.1. The molecule has 29 heavy (non-hydrogen) atoms. The third-order valence-corrected chi connectivity index (χ3v) is 6.89. The van der Waals surface area contributed by atoms with Crippen LogP contribution in [0.25, 0.3) is 0 Å². The predicted molar refractivity (Wildman–Crippen MR) is 115 cm³/mol. The molecular weight excluding hydrogens is 412 g/mol. The van der Waals surface area contributed by atoms with Crippen LogP contribution in [0.3, 0.4) is 0 Å². The quantitative estimate of drug-likeness (QED) is 0.641. The summed E-state index contributed by atoms with van der Waals surface area (Å²) in [5, 5.41) is 3.47. The van der Waals surface area contributed by atoms with Gasteiger partial charge in [0.05, 0.1) is 10.9 Å². The van der Waals surface area contributed by atoms with Gasteiger partial charge in [0.1, 0.15) is 5.75 Å². The molecule has 6 nitrogen and oxygen atoms in total. The highest BCUT2D eigenvalue weighted by Gasteiger charge is 2.22. The van der Waals surface area contributed by atoms with Gasteiger partial charge in [-0.2, -0.15) is 4.31 Å². The zero-order chi connectivity index (χ0) is 21.6. The van der Waals surface area contributed by atoms with Gasteiger partial charge in [-0.1, -0.05) is 37.6 Å². The minimum absolute atomic E-state index is 0.239. The molecule has 2 aromatic carbocycles. The Kier molecular flexibility index (Phi) is 8.07. The van der Waals surface area contributed by atoms with Crippen molar-refractivity contribution in [3.63, 3.8) is 0 Å². The van der Waals surface area contributed by atoms with Crippen molar-refractivity contribution in [2.24, 2.45) is 0 Å². The lowest BCUT2D eigenvalue weighted by atomic mass is 10.1. The van der Waals surface area contributed by atoms with Crippen LogP contribution in [0.2, 0.25) is 5.02 Å². The van der Waals surface area contributed by atoms with Crippen molar-refractivity contribution >= 4 is 27.5 Å². The lowest BCUT2D eigenvalue weighted by Gasteiger charge is -2.20. The molecule has 0 aliphatic rings. The summed E-state index contributed by atoms with van der Waals surface area (Å²) in [4.78, 5) is 12.7. The fraction of sp³-hybridized carbons (Fsp3) is 0.381. The maximum Gasteiger partial charge on any atom is 0.261 e. The molecule has 2 rings (SSSR count). The van der Waals surface area contributed by atoms with Gasteiger partial charge in [-0.3, -0.25) is 4.79 Å². The molecule has 0 aromatic heterocycles. The van der Waals surface area contributed by atoms with E-state index in [1.807, 2.05) is 6.92 Å². The van der Waals surface area contributed by atoms with Gasteiger partial charge in [0.2, 0.25) is 10.0 Å². The Balaban J connectivity index is 2.02. The molecule has 1 amide bonds. The molecule has 0 heterocycles. The summed E-state index contributed by atoms with van der Waals surface area (Å²) in [6.07, 6.45) is -0.694. The second-order valence-electron chi connectivity index (χ2n) is 6.60. The highest BCUT2D eigenvalue weighted by Crippen LogP contribution is 2.20. The first-order valence-corrected chi connectivity index (χ1v) is 11.3. The molecule has 0 aliphatic heterocycles. The molecule has 0 spiro atoms. The monoisotopic (exact) mass is 438 g/mol. The van der Waals surface area contributed by atoms with Crippen LogP contribution in [0.1, 0.15) is 39.3 Å². The number of hydrogen-bond acceptors (Lipinski definition) is 4. The summed E-state index contributed by atoms with van der Waals surface area (Å²) in [7, 11) is -3.50. The number of ether oxygens (including phenoxy) is 1. The van der Waals surface area contributed by atoms with Crippen LogP contribution in [0, 0.1) is 0 Å². The Labute approximate surface area is 177 Å². The van der Waals surface area contributed by atoms with E-state index in [2.05, 4.69) is 5.32 Å². The van der Waals surface area contributed by atoms with Gasteiger partial charge in [0, 0.05) is 18.1 Å². The molecular formula is C21H27ClN2O4S. The maximum atomic E-state index is 12.6. The zero-order valence-electron chi connectivity index (χ0n) is 17.1. The van der Waals surface area contributed by atoms with Crippen LogP contribution >= 0.6 is 11.6 Å². The summed E-state index contributed by atoms with van der Waals surface area (Å²) >= 11 is 5.85. The standard InChI is InChI=1S/C21H27ClN2O4S/c1-5-24(6-2)29(26,27)20-13-7-17(8-14-20)15(3)23-21(25)16(4)28-19-11-9-18(22)10-12-19/h7-16H,5-6H2,1-4H3,(H,23,25). The average molecular weight is 439 g/mol. The van der Waals surface area contributed by atoms with E-state index < -0.39 is 16.1 Å². The Bertz CT molecular complexity index is 911. The largest absolute Gasteiger partial charge is 0.481 e. The summed E-state index contributed by atoms with van der Waals surface area (Å²) < 4.78 is 32.2. The first-order valence-electron chi connectivity index (χ1n) is 9.51. The molecule has 2 unspecified atom stereocenters. The number of nitrogens with one attached hydrogen (secondary N) is 1. The fourth-order valence-corrected chi connectivity index (χ4v) is 4.41. The van der Waals surface area contributed by atoms with Gasteiger partial charge in [-0.25, -0.2) is 8.42 Å². The molecule has 0 radical (unpaired) electrons. The Morgan fingerprint density at radius 1 is 1.03 bits per heavy atom. The summed E-state index contributed by atoms with van der Waals surface area (Å²) in [5.74, 6) is 0.281. The van der Waals surface area contributed by atoms with Crippen molar-refractivity contribution in [2.75, 3.05) is 13.1 Å². The number of nitrogens with zero attached hydrogens (tertiary/aromatic N) is 1. The van der Waals surface area contributed by atoms with Crippen molar-refractivity contribution in [1.29, 1.82) is 0 Å². The number of carbonyl (C=O) groups excluding carboxylic acids is 1. The van der Waals surface area contributed by atoms with E-state index in [9.17, 15) is 13.2 Å². The Morgan fingerprint density at radius 2 is 1.59 bits per heavy atom. The van der Waals surface area contributed by atoms with Crippen molar-refractivity contribution in [3.05, 3.63) is 59.1 Å². The third-order valence-electron chi connectivity index (χ3n) is 4.58. The van der Waals surface area contributed by atoms with E-state index >= 15 is 0 Å². The van der Waals surface area contributed by atoms with Crippen molar-refractivity contribution in [1.82, 2.24) is 9.62 Å². The summed E-state index contributed by atoms with van der Waals surface area (Å²) in [6.45, 7) is 7.94. The fourth-order valence-electron chi connectivity index (χ4n) is 2.83. The first-order chi connectivity index (χ1) is 13.7. The maximum absolute atomic E-state index is 12.6. The third kappa shape index (κ3) is 5.95. The molecule has 2 atom stereocenters. The minimum atomic E-state index is -3.50. The van der Waals surface area contributed by atoms with Gasteiger partial charge in [0.15, 0.2) is 6.10 Å². The lowest BCUT2D eigenvalue weighted by molar-refractivity contribution is -0.127. The number of rotatable bonds is 9. The Hall–Kier alpha value is -2.09. The van der Waals surface area contributed by atoms with Gasteiger partial charge >= 0.3 is 0 Å². The Morgan fingerprint density at radius 3 is 2.10 bits per heavy atom. The molecule has 8 heteroatoms. The molecule has 0 fully saturated rings. The molecule has 1 N–H and O–H groups in total. The first kappa shape index (κ1) is 23.2. The van der Waals surface area contributed by atoms with Crippen LogP contribution in [-0.2, 0) is 14.8 Å². The second-order valence-corrected chi connectivity index (χ2v) is 8.98.